The number of carbonyl (C=O) groups is 1. The van der Waals surface area contributed by atoms with E-state index in [2.05, 4.69) is 0 Å². The lowest BCUT2D eigenvalue weighted by Gasteiger charge is -2.48. The highest BCUT2D eigenvalue weighted by molar-refractivity contribution is 5.68. The summed E-state index contributed by atoms with van der Waals surface area (Å²) in [5, 5.41) is 0. The fourth-order valence-corrected chi connectivity index (χ4v) is 3.83. The molecule has 0 aliphatic carbocycles. The van der Waals surface area contributed by atoms with Crippen LogP contribution in [-0.4, -0.2) is 18.2 Å². The Balaban J connectivity index is 2.45. The Labute approximate surface area is 159 Å². The van der Waals surface area contributed by atoms with Gasteiger partial charge in [-0.3, -0.25) is 10.5 Å². The Morgan fingerprint density at radius 3 is 1.37 bits per heavy atom. The van der Waals surface area contributed by atoms with Crippen molar-refractivity contribution in [1.82, 2.24) is 0 Å². The number of benzene rings is 3. The van der Waals surface area contributed by atoms with Gasteiger partial charge in [0.05, 0.1) is 5.41 Å². The van der Waals surface area contributed by atoms with Crippen LogP contribution < -0.4 is 11.5 Å². The van der Waals surface area contributed by atoms with Crippen molar-refractivity contribution in [3.63, 3.8) is 0 Å². The molecule has 4 nitrogen and oxygen atoms in total. The number of esters is 1. The highest BCUT2D eigenvalue weighted by Gasteiger charge is 2.54. The van der Waals surface area contributed by atoms with Gasteiger partial charge in [0, 0.05) is 13.5 Å². The van der Waals surface area contributed by atoms with Crippen molar-refractivity contribution in [3.8, 4) is 0 Å². The van der Waals surface area contributed by atoms with Gasteiger partial charge in [0.15, 0.2) is 5.72 Å². The average molecular weight is 360 g/mol. The number of rotatable bonds is 6. The number of nitrogens with two attached hydrogens (primary N) is 2. The number of ether oxygens (including phenoxy) is 1. The minimum absolute atomic E-state index is 0.0503. The lowest BCUT2D eigenvalue weighted by Crippen LogP contribution is -2.66. The van der Waals surface area contributed by atoms with E-state index in [0.717, 1.165) is 16.7 Å². The molecule has 0 saturated heterocycles. The van der Waals surface area contributed by atoms with Crippen LogP contribution in [-0.2, 0) is 14.9 Å². The highest BCUT2D eigenvalue weighted by Crippen LogP contribution is 2.46. The third-order valence-corrected chi connectivity index (χ3v) is 4.88. The van der Waals surface area contributed by atoms with Crippen molar-refractivity contribution in [3.05, 3.63) is 108 Å². The summed E-state index contributed by atoms with van der Waals surface area (Å²) in [5.74, 6) is -0.477. The molecule has 3 rings (SSSR count). The van der Waals surface area contributed by atoms with Crippen molar-refractivity contribution < 1.29 is 9.53 Å². The summed E-state index contributed by atoms with van der Waals surface area (Å²) in [6.45, 7) is 1.30. The van der Waals surface area contributed by atoms with E-state index in [0.29, 0.717) is 0 Å². The van der Waals surface area contributed by atoms with E-state index in [1.165, 1.54) is 6.92 Å². The molecule has 3 aromatic carbocycles. The molecule has 3 aromatic rings. The average Bonchev–Trinajstić information content (AvgIpc) is 2.70. The summed E-state index contributed by atoms with van der Waals surface area (Å²) < 4.78 is 5.73. The third-order valence-electron chi connectivity index (χ3n) is 4.88. The van der Waals surface area contributed by atoms with Crippen molar-refractivity contribution >= 4 is 5.97 Å². The summed E-state index contributed by atoms with van der Waals surface area (Å²) in [6.07, 6.45) is 0. The van der Waals surface area contributed by atoms with Crippen LogP contribution in [0, 0.1) is 0 Å². The lowest BCUT2D eigenvalue weighted by atomic mass is 9.62. The van der Waals surface area contributed by atoms with Gasteiger partial charge in [-0.15, -0.1) is 0 Å². The van der Waals surface area contributed by atoms with Crippen LogP contribution in [0.4, 0.5) is 0 Å². The van der Waals surface area contributed by atoms with E-state index in [9.17, 15) is 4.79 Å². The molecule has 138 valence electrons. The zero-order valence-electron chi connectivity index (χ0n) is 15.3. The second-order valence-corrected chi connectivity index (χ2v) is 6.54. The normalized spacial score (nSPS) is 13.6. The molecule has 0 fully saturated rings. The SMILES string of the molecule is CC(=O)OC(N)(CN)C(c1ccccc1)(c1ccccc1)c1ccccc1. The smallest absolute Gasteiger partial charge is 0.304 e. The quantitative estimate of drug-likeness (QED) is 0.402. The number of hydrogen-bond donors (Lipinski definition) is 2. The second kappa shape index (κ2) is 7.74. The van der Waals surface area contributed by atoms with E-state index in [-0.39, 0.29) is 6.54 Å². The van der Waals surface area contributed by atoms with Crippen LogP contribution in [0.5, 0.6) is 0 Å². The molecular formula is C23H24N2O2. The van der Waals surface area contributed by atoms with E-state index in [1.807, 2.05) is 91.0 Å². The van der Waals surface area contributed by atoms with Gasteiger partial charge in [0.2, 0.25) is 0 Å². The first-order chi connectivity index (χ1) is 13.0. The van der Waals surface area contributed by atoms with Gasteiger partial charge >= 0.3 is 5.97 Å². The number of carbonyl (C=O) groups excluding carboxylic acids is 1. The Bertz CT molecular complexity index is 785. The van der Waals surface area contributed by atoms with Crippen LogP contribution in [0.1, 0.15) is 23.6 Å². The summed E-state index contributed by atoms with van der Waals surface area (Å²) >= 11 is 0. The second-order valence-electron chi connectivity index (χ2n) is 6.54. The fraction of sp³-hybridized carbons (Fsp3) is 0.174. The lowest BCUT2D eigenvalue weighted by molar-refractivity contribution is -0.160. The molecule has 27 heavy (non-hydrogen) atoms. The van der Waals surface area contributed by atoms with E-state index in [4.69, 9.17) is 16.2 Å². The van der Waals surface area contributed by atoms with Crippen molar-refractivity contribution in [2.75, 3.05) is 6.54 Å². The molecule has 0 spiro atoms. The predicted molar refractivity (Wildman–Crippen MR) is 107 cm³/mol. The van der Waals surface area contributed by atoms with Gasteiger partial charge in [-0.2, -0.15) is 0 Å². The zero-order chi connectivity index (χ0) is 19.3. The molecule has 0 aromatic heterocycles. The van der Waals surface area contributed by atoms with Crippen LogP contribution in [0.25, 0.3) is 0 Å². The molecule has 1 unspecified atom stereocenters. The van der Waals surface area contributed by atoms with Crippen LogP contribution >= 0.6 is 0 Å². The fourth-order valence-electron chi connectivity index (χ4n) is 3.83. The molecule has 4 N–H and O–H groups in total. The van der Waals surface area contributed by atoms with Gasteiger partial charge in [0.25, 0.3) is 0 Å². The summed E-state index contributed by atoms with van der Waals surface area (Å²) in [4.78, 5) is 12.0. The highest BCUT2D eigenvalue weighted by atomic mass is 16.6. The number of hydrogen-bond acceptors (Lipinski definition) is 4. The maximum Gasteiger partial charge on any atom is 0.304 e. The molecule has 0 saturated carbocycles. The third kappa shape index (κ3) is 3.25. The zero-order valence-corrected chi connectivity index (χ0v) is 15.3. The molecule has 0 radical (unpaired) electrons. The first-order valence-electron chi connectivity index (χ1n) is 8.89. The predicted octanol–water partition coefficient (Wildman–Crippen LogP) is 3.20. The summed E-state index contributed by atoms with van der Waals surface area (Å²) in [7, 11) is 0. The molecule has 0 aliphatic heterocycles. The first kappa shape index (κ1) is 18.8. The first-order valence-corrected chi connectivity index (χ1v) is 8.89. The molecule has 0 amide bonds. The van der Waals surface area contributed by atoms with Crippen LogP contribution in [0.2, 0.25) is 0 Å². The minimum atomic E-state index is -1.48. The van der Waals surface area contributed by atoms with Gasteiger partial charge in [-0.05, 0) is 16.7 Å². The van der Waals surface area contributed by atoms with Crippen molar-refractivity contribution in [2.45, 2.75) is 18.1 Å². The van der Waals surface area contributed by atoms with Gasteiger partial charge in [-0.25, -0.2) is 0 Å². The van der Waals surface area contributed by atoms with Gasteiger partial charge < -0.3 is 10.5 Å². The molecule has 1 atom stereocenters. The van der Waals surface area contributed by atoms with Crippen LogP contribution in [0.15, 0.2) is 91.0 Å². The van der Waals surface area contributed by atoms with Gasteiger partial charge in [-0.1, -0.05) is 91.0 Å². The Morgan fingerprint density at radius 1 is 0.778 bits per heavy atom. The summed E-state index contributed by atoms with van der Waals surface area (Å²) in [5.41, 5.74) is 13.2. The Hall–Kier alpha value is -2.95. The topological polar surface area (TPSA) is 78.3 Å². The maximum absolute atomic E-state index is 12.0. The monoisotopic (exact) mass is 360 g/mol. The van der Waals surface area contributed by atoms with Crippen LogP contribution in [0.3, 0.4) is 0 Å². The standard InChI is InChI=1S/C23H24N2O2/c1-18(26)27-22(25,17-24)23(19-11-5-2-6-12-19,20-13-7-3-8-14-20)21-15-9-4-10-16-21/h2-16H,17,24-25H2,1H3. The summed E-state index contributed by atoms with van der Waals surface area (Å²) in [6, 6.07) is 29.4. The molecular weight excluding hydrogens is 336 g/mol. The molecule has 0 aliphatic rings. The Morgan fingerprint density at radius 2 is 1.11 bits per heavy atom. The molecule has 0 bridgehead atoms. The van der Waals surface area contributed by atoms with E-state index >= 15 is 0 Å². The Kier molecular flexibility index (Phi) is 5.40. The minimum Gasteiger partial charge on any atom is -0.441 e. The van der Waals surface area contributed by atoms with E-state index in [1.54, 1.807) is 0 Å². The molecule has 0 heterocycles. The largest absolute Gasteiger partial charge is 0.441 e. The maximum atomic E-state index is 12.0. The van der Waals surface area contributed by atoms with Crippen molar-refractivity contribution in [2.24, 2.45) is 11.5 Å². The van der Waals surface area contributed by atoms with Gasteiger partial charge in [0.1, 0.15) is 0 Å². The van der Waals surface area contributed by atoms with E-state index < -0.39 is 17.1 Å². The molecule has 4 heteroatoms. The van der Waals surface area contributed by atoms with Crippen molar-refractivity contribution in [1.29, 1.82) is 0 Å².